The van der Waals surface area contributed by atoms with Crippen molar-refractivity contribution in [1.29, 1.82) is 0 Å². The van der Waals surface area contributed by atoms with Crippen LogP contribution in [0.3, 0.4) is 0 Å². The highest BCUT2D eigenvalue weighted by Gasteiger charge is 2.18. The lowest BCUT2D eigenvalue weighted by Gasteiger charge is -2.14. The van der Waals surface area contributed by atoms with Gasteiger partial charge in [-0.15, -0.1) is 0 Å². The van der Waals surface area contributed by atoms with Crippen molar-refractivity contribution >= 4 is 27.5 Å². The van der Waals surface area contributed by atoms with Crippen molar-refractivity contribution in [2.24, 2.45) is 0 Å². The normalized spacial score (nSPS) is 10.9. The Labute approximate surface area is 144 Å². The van der Waals surface area contributed by atoms with Gasteiger partial charge in [0.15, 0.2) is 0 Å². The van der Waals surface area contributed by atoms with E-state index >= 15 is 0 Å². The molecule has 0 amide bonds. The first-order valence-electron chi connectivity index (χ1n) is 7.88. The molecule has 0 saturated heterocycles. The molecule has 0 spiro atoms. The van der Waals surface area contributed by atoms with E-state index in [1.807, 2.05) is 60.7 Å². The van der Waals surface area contributed by atoms with Gasteiger partial charge < -0.3 is 9.84 Å². The lowest BCUT2D eigenvalue weighted by atomic mass is 9.96. The summed E-state index contributed by atoms with van der Waals surface area (Å²) in [4.78, 5) is 16.0. The Morgan fingerprint density at radius 3 is 2.32 bits per heavy atom. The number of carboxylic acids is 1. The van der Waals surface area contributed by atoms with Crippen molar-refractivity contribution < 1.29 is 14.6 Å². The number of aromatic carboxylic acids is 1. The number of ether oxygens (including phenoxy) is 1. The van der Waals surface area contributed by atoms with Crippen LogP contribution in [0.15, 0.2) is 66.7 Å². The number of benzene rings is 3. The van der Waals surface area contributed by atoms with Crippen LogP contribution in [-0.2, 0) is 0 Å². The molecule has 0 aliphatic rings. The van der Waals surface area contributed by atoms with E-state index in [0.717, 1.165) is 27.1 Å². The summed E-state index contributed by atoms with van der Waals surface area (Å²) in [5.41, 5.74) is 1.44. The number of fused-ring (bicyclic) bond motifs is 2. The van der Waals surface area contributed by atoms with Crippen molar-refractivity contribution in [2.45, 2.75) is 0 Å². The third kappa shape index (κ3) is 2.48. The fourth-order valence-corrected chi connectivity index (χ4v) is 3.16. The van der Waals surface area contributed by atoms with Crippen LogP contribution in [-0.4, -0.2) is 23.2 Å². The number of carboxylic acid groups (broad SMARTS) is 1. The molecule has 4 aromatic rings. The van der Waals surface area contributed by atoms with Gasteiger partial charge in [0.05, 0.1) is 18.4 Å². The predicted molar refractivity (Wildman–Crippen MR) is 98.2 cm³/mol. The smallest absolute Gasteiger partial charge is 0.354 e. The Kier molecular flexibility index (Phi) is 3.58. The third-order valence-electron chi connectivity index (χ3n) is 4.31. The maximum absolute atomic E-state index is 11.6. The lowest BCUT2D eigenvalue weighted by Crippen LogP contribution is -2.03. The molecule has 1 aromatic heterocycles. The monoisotopic (exact) mass is 329 g/mol. The van der Waals surface area contributed by atoms with E-state index < -0.39 is 5.97 Å². The van der Waals surface area contributed by atoms with Crippen LogP contribution in [0.2, 0.25) is 0 Å². The van der Waals surface area contributed by atoms with Crippen LogP contribution < -0.4 is 4.74 Å². The summed E-state index contributed by atoms with van der Waals surface area (Å²) in [6.45, 7) is 0. The second-order valence-corrected chi connectivity index (χ2v) is 5.75. The Morgan fingerprint density at radius 2 is 1.60 bits per heavy atom. The number of methoxy groups -OCH3 is 1. The van der Waals surface area contributed by atoms with E-state index in [9.17, 15) is 9.90 Å². The summed E-state index contributed by atoms with van der Waals surface area (Å²) in [6, 6.07) is 21.1. The standard InChI is InChI=1S/C21H15NO3/c1-25-18-11-10-13-6-2-4-8-15(13)19(18)20-16-9-5-3-7-14(16)12-17(22-20)21(23)24/h2-12H,1H3,(H,23,24). The Morgan fingerprint density at radius 1 is 0.920 bits per heavy atom. The Bertz CT molecular complexity index is 1120. The summed E-state index contributed by atoms with van der Waals surface area (Å²) < 4.78 is 5.57. The highest BCUT2D eigenvalue weighted by molar-refractivity contribution is 6.07. The zero-order valence-corrected chi connectivity index (χ0v) is 13.6. The summed E-state index contributed by atoms with van der Waals surface area (Å²) >= 11 is 0. The minimum absolute atomic E-state index is 0.0173. The van der Waals surface area contributed by atoms with Crippen molar-refractivity contribution in [3.63, 3.8) is 0 Å². The zero-order valence-electron chi connectivity index (χ0n) is 13.6. The largest absolute Gasteiger partial charge is 0.496 e. The summed E-state index contributed by atoms with van der Waals surface area (Å²) in [6.07, 6.45) is 0. The molecular formula is C21H15NO3. The van der Waals surface area contributed by atoms with Gasteiger partial charge in [-0.2, -0.15) is 0 Å². The van der Waals surface area contributed by atoms with Crippen LogP contribution in [0.25, 0.3) is 32.8 Å². The molecule has 0 radical (unpaired) electrons. The molecule has 0 unspecified atom stereocenters. The van der Waals surface area contributed by atoms with Gasteiger partial charge in [-0.3, -0.25) is 0 Å². The van der Waals surface area contributed by atoms with Gasteiger partial charge in [0.2, 0.25) is 0 Å². The molecular weight excluding hydrogens is 314 g/mol. The summed E-state index contributed by atoms with van der Waals surface area (Å²) in [7, 11) is 1.61. The maximum Gasteiger partial charge on any atom is 0.354 e. The van der Waals surface area contributed by atoms with Crippen molar-refractivity contribution in [2.75, 3.05) is 7.11 Å². The number of carbonyl (C=O) groups is 1. The van der Waals surface area contributed by atoms with Crippen LogP contribution in [0.4, 0.5) is 0 Å². The maximum atomic E-state index is 11.6. The molecule has 25 heavy (non-hydrogen) atoms. The minimum Gasteiger partial charge on any atom is -0.496 e. The fraction of sp³-hybridized carbons (Fsp3) is 0.0476. The van der Waals surface area contributed by atoms with Crippen LogP contribution in [0, 0.1) is 0 Å². The van der Waals surface area contributed by atoms with Gasteiger partial charge in [-0.1, -0.05) is 54.6 Å². The average molecular weight is 329 g/mol. The first kappa shape index (κ1) is 15.1. The van der Waals surface area contributed by atoms with Crippen LogP contribution in [0.1, 0.15) is 10.5 Å². The third-order valence-corrected chi connectivity index (χ3v) is 4.31. The topological polar surface area (TPSA) is 59.4 Å². The highest BCUT2D eigenvalue weighted by atomic mass is 16.5. The number of nitrogens with zero attached hydrogens (tertiary/aromatic N) is 1. The molecule has 1 heterocycles. The van der Waals surface area contributed by atoms with Gasteiger partial charge in [0.1, 0.15) is 11.4 Å². The van der Waals surface area contributed by atoms with E-state index in [4.69, 9.17) is 4.74 Å². The first-order chi connectivity index (χ1) is 12.2. The van der Waals surface area contributed by atoms with Crippen molar-refractivity contribution in [1.82, 2.24) is 4.98 Å². The molecule has 0 fully saturated rings. The highest BCUT2D eigenvalue weighted by Crippen LogP contribution is 2.39. The number of pyridine rings is 1. The SMILES string of the molecule is COc1ccc2ccccc2c1-c1nc(C(=O)O)cc2ccccc12. The van der Waals surface area contributed by atoms with Crippen LogP contribution in [0.5, 0.6) is 5.75 Å². The Balaban J connectivity index is 2.18. The number of rotatable bonds is 3. The summed E-state index contributed by atoms with van der Waals surface area (Å²) in [5, 5.41) is 13.2. The quantitative estimate of drug-likeness (QED) is 0.588. The average Bonchev–Trinajstić information content (AvgIpc) is 2.66. The second kappa shape index (κ2) is 5.91. The predicted octanol–water partition coefficient (Wildman–Crippen LogP) is 4.76. The van der Waals surface area contributed by atoms with Gasteiger partial charge in [0, 0.05) is 5.39 Å². The van der Waals surface area contributed by atoms with Gasteiger partial charge in [-0.05, 0) is 28.3 Å². The Hall–Kier alpha value is -3.40. The molecule has 0 aliphatic heterocycles. The van der Waals surface area contributed by atoms with E-state index in [0.29, 0.717) is 11.4 Å². The van der Waals surface area contributed by atoms with Gasteiger partial charge in [0.25, 0.3) is 0 Å². The zero-order chi connectivity index (χ0) is 17.4. The van der Waals surface area contributed by atoms with E-state index in [1.54, 1.807) is 13.2 Å². The molecule has 1 N–H and O–H groups in total. The molecule has 4 heteroatoms. The lowest BCUT2D eigenvalue weighted by molar-refractivity contribution is 0.0691. The number of hydrogen-bond acceptors (Lipinski definition) is 3. The summed E-state index contributed by atoms with van der Waals surface area (Å²) in [5.74, 6) is -0.384. The first-order valence-corrected chi connectivity index (χ1v) is 7.88. The molecule has 4 rings (SSSR count). The molecule has 4 nitrogen and oxygen atoms in total. The number of hydrogen-bond donors (Lipinski definition) is 1. The van der Waals surface area contributed by atoms with E-state index in [1.165, 1.54) is 0 Å². The molecule has 0 atom stereocenters. The van der Waals surface area contributed by atoms with Crippen molar-refractivity contribution in [3.05, 3.63) is 72.4 Å². The molecule has 0 aliphatic carbocycles. The van der Waals surface area contributed by atoms with E-state index in [2.05, 4.69) is 4.98 Å². The number of aromatic nitrogens is 1. The van der Waals surface area contributed by atoms with Gasteiger partial charge in [-0.25, -0.2) is 9.78 Å². The fourth-order valence-electron chi connectivity index (χ4n) is 3.16. The second-order valence-electron chi connectivity index (χ2n) is 5.75. The van der Waals surface area contributed by atoms with E-state index in [-0.39, 0.29) is 5.69 Å². The molecule has 0 saturated carbocycles. The molecule has 3 aromatic carbocycles. The van der Waals surface area contributed by atoms with Crippen LogP contribution >= 0.6 is 0 Å². The molecule has 122 valence electrons. The van der Waals surface area contributed by atoms with Crippen molar-refractivity contribution in [3.8, 4) is 17.0 Å². The van der Waals surface area contributed by atoms with Gasteiger partial charge >= 0.3 is 5.97 Å². The minimum atomic E-state index is -1.05. The molecule has 0 bridgehead atoms.